The second-order valence-corrected chi connectivity index (χ2v) is 9.46. The third kappa shape index (κ3) is 5.22. The summed E-state index contributed by atoms with van der Waals surface area (Å²) in [7, 11) is 0. The van der Waals surface area contributed by atoms with Crippen molar-refractivity contribution in [1.82, 2.24) is 0 Å². The van der Waals surface area contributed by atoms with E-state index in [1.807, 2.05) is 37.3 Å². The number of carbonyl (C=O) groups is 1. The van der Waals surface area contributed by atoms with Crippen molar-refractivity contribution in [2.24, 2.45) is 0 Å². The normalized spacial score (nSPS) is 27.4. The Morgan fingerprint density at radius 2 is 1.91 bits per heavy atom. The zero-order chi connectivity index (χ0) is 24.5. The standard InChI is InChI=1S/C25H29ClO8/c1-24(2)30-14-21(33-24)20(12-17(28)13-27)31-22(29)23-32-19-10-9-16(26)11-18(19)25(3,34-23)15-7-5-4-6-8-15/h4-11,17,20-21,23,27-28H,12-14H2,1-3H3. The molecular formula is C25H29ClO8. The molecule has 1 fully saturated rings. The Balaban J connectivity index is 1.60. The van der Waals surface area contributed by atoms with Crippen LogP contribution in [-0.2, 0) is 29.3 Å². The van der Waals surface area contributed by atoms with Gasteiger partial charge in [0.2, 0.25) is 0 Å². The molecule has 0 radical (unpaired) electrons. The van der Waals surface area contributed by atoms with E-state index in [0.29, 0.717) is 16.3 Å². The maximum Gasteiger partial charge on any atom is 0.376 e. The van der Waals surface area contributed by atoms with Gasteiger partial charge >= 0.3 is 12.3 Å². The van der Waals surface area contributed by atoms with Crippen LogP contribution in [0.25, 0.3) is 0 Å². The first kappa shape index (κ1) is 24.9. The van der Waals surface area contributed by atoms with Gasteiger partial charge in [0, 0.05) is 17.0 Å². The molecule has 184 valence electrons. The Labute approximate surface area is 203 Å². The summed E-state index contributed by atoms with van der Waals surface area (Å²) < 4.78 is 29.2. The van der Waals surface area contributed by atoms with Crippen molar-refractivity contribution in [3.05, 3.63) is 64.7 Å². The molecule has 0 bridgehead atoms. The molecule has 5 atom stereocenters. The lowest BCUT2D eigenvalue weighted by molar-refractivity contribution is -0.217. The SMILES string of the molecule is CC1(C)OCC(C(CC(O)CO)OC(=O)C2Oc3ccc(Cl)cc3C(C)(c3ccccc3)O2)O1. The third-order valence-electron chi connectivity index (χ3n) is 5.98. The van der Waals surface area contributed by atoms with Crippen LogP contribution in [-0.4, -0.2) is 59.8 Å². The number of hydrogen-bond acceptors (Lipinski definition) is 8. The first-order chi connectivity index (χ1) is 16.1. The summed E-state index contributed by atoms with van der Waals surface area (Å²) in [6.07, 6.45) is -4.05. The van der Waals surface area contributed by atoms with Crippen LogP contribution in [0.2, 0.25) is 5.02 Å². The van der Waals surface area contributed by atoms with E-state index in [0.717, 1.165) is 5.56 Å². The first-order valence-electron chi connectivity index (χ1n) is 11.1. The average Bonchev–Trinajstić information content (AvgIpc) is 3.19. The highest BCUT2D eigenvalue weighted by molar-refractivity contribution is 6.30. The van der Waals surface area contributed by atoms with Crippen molar-refractivity contribution in [3.63, 3.8) is 0 Å². The Bertz CT molecular complexity index is 1010. The Kier molecular flexibility index (Phi) is 7.19. The van der Waals surface area contributed by atoms with Gasteiger partial charge in [-0.25, -0.2) is 4.79 Å². The Hall–Kier alpha value is -2.20. The second kappa shape index (κ2) is 9.81. The number of carbonyl (C=O) groups excluding carboxylic acids is 1. The smallest absolute Gasteiger partial charge is 0.376 e. The average molecular weight is 493 g/mol. The number of esters is 1. The van der Waals surface area contributed by atoms with E-state index in [9.17, 15) is 15.0 Å². The van der Waals surface area contributed by atoms with Crippen molar-refractivity contribution in [2.75, 3.05) is 13.2 Å². The van der Waals surface area contributed by atoms with Crippen LogP contribution in [0.3, 0.4) is 0 Å². The molecule has 2 aliphatic rings. The molecule has 2 N–H and O–H groups in total. The van der Waals surface area contributed by atoms with Crippen LogP contribution in [0, 0.1) is 0 Å². The van der Waals surface area contributed by atoms with Gasteiger partial charge in [-0.3, -0.25) is 0 Å². The van der Waals surface area contributed by atoms with Crippen LogP contribution in [0.4, 0.5) is 0 Å². The molecule has 2 aromatic carbocycles. The van der Waals surface area contributed by atoms with Crippen molar-refractivity contribution in [2.45, 2.75) is 63.2 Å². The van der Waals surface area contributed by atoms with Gasteiger partial charge in [-0.1, -0.05) is 41.9 Å². The largest absolute Gasteiger partial charge is 0.455 e. The maximum atomic E-state index is 13.3. The molecule has 5 unspecified atom stereocenters. The van der Waals surface area contributed by atoms with E-state index >= 15 is 0 Å². The number of hydrogen-bond donors (Lipinski definition) is 2. The van der Waals surface area contributed by atoms with Gasteiger partial charge in [-0.15, -0.1) is 0 Å². The summed E-state index contributed by atoms with van der Waals surface area (Å²) in [5, 5.41) is 19.8. The summed E-state index contributed by atoms with van der Waals surface area (Å²) in [5.41, 5.74) is 0.441. The van der Waals surface area contributed by atoms with Crippen LogP contribution in [0.1, 0.15) is 38.3 Å². The second-order valence-electron chi connectivity index (χ2n) is 9.02. The maximum absolute atomic E-state index is 13.3. The number of aliphatic hydroxyl groups excluding tert-OH is 2. The summed E-state index contributed by atoms with van der Waals surface area (Å²) in [4.78, 5) is 13.3. The summed E-state index contributed by atoms with van der Waals surface area (Å²) in [6.45, 7) is 5.01. The number of ether oxygens (including phenoxy) is 5. The van der Waals surface area contributed by atoms with E-state index in [1.165, 1.54) is 0 Å². The van der Waals surface area contributed by atoms with E-state index in [1.54, 1.807) is 32.0 Å². The lowest BCUT2D eigenvalue weighted by atomic mass is 9.86. The van der Waals surface area contributed by atoms with Crippen molar-refractivity contribution in [1.29, 1.82) is 0 Å². The number of aliphatic hydroxyl groups is 2. The Morgan fingerprint density at radius 3 is 2.56 bits per heavy atom. The van der Waals surface area contributed by atoms with E-state index in [-0.39, 0.29) is 13.0 Å². The monoisotopic (exact) mass is 492 g/mol. The van der Waals surface area contributed by atoms with E-state index < -0.39 is 48.6 Å². The van der Waals surface area contributed by atoms with Gasteiger partial charge in [-0.2, -0.15) is 0 Å². The van der Waals surface area contributed by atoms with Crippen LogP contribution in [0.15, 0.2) is 48.5 Å². The molecule has 2 heterocycles. The van der Waals surface area contributed by atoms with Gasteiger partial charge in [0.1, 0.15) is 23.6 Å². The molecule has 9 heteroatoms. The fourth-order valence-electron chi connectivity index (χ4n) is 4.19. The van der Waals surface area contributed by atoms with Gasteiger partial charge in [0.05, 0.1) is 19.3 Å². The number of rotatable bonds is 7. The lowest BCUT2D eigenvalue weighted by Gasteiger charge is -2.40. The van der Waals surface area contributed by atoms with Gasteiger partial charge in [-0.05, 0) is 44.5 Å². The molecule has 8 nitrogen and oxygen atoms in total. The summed E-state index contributed by atoms with van der Waals surface area (Å²) >= 11 is 6.24. The molecule has 0 spiro atoms. The van der Waals surface area contributed by atoms with E-state index in [4.69, 9.17) is 35.3 Å². The highest BCUT2D eigenvalue weighted by atomic mass is 35.5. The number of halogens is 1. The highest BCUT2D eigenvalue weighted by Crippen LogP contribution is 2.44. The molecule has 4 rings (SSSR count). The minimum atomic E-state index is -1.39. The molecule has 0 aliphatic carbocycles. The molecule has 1 saturated heterocycles. The zero-order valence-corrected chi connectivity index (χ0v) is 20.0. The molecule has 2 aliphatic heterocycles. The predicted molar refractivity (Wildman–Crippen MR) is 122 cm³/mol. The number of fused-ring (bicyclic) bond motifs is 1. The molecule has 0 saturated carbocycles. The highest BCUT2D eigenvalue weighted by Gasteiger charge is 2.46. The number of benzene rings is 2. The van der Waals surface area contributed by atoms with E-state index in [2.05, 4.69) is 0 Å². The lowest BCUT2D eigenvalue weighted by Crippen LogP contribution is -2.47. The topological polar surface area (TPSA) is 104 Å². The fourth-order valence-corrected chi connectivity index (χ4v) is 4.36. The van der Waals surface area contributed by atoms with Gasteiger partial charge in [0.25, 0.3) is 0 Å². The van der Waals surface area contributed by atoms with Crippen molar-refractivity contribution in [3.8, 4) is 5.75 Å². The van der Waals surface area contributed by atoms with Crippen molar-refractivity contribution >= 4 is 17.6 Å². The quantitative estimate of drug-likeness (QED) is 0.568. The van der Waals surface area contributed by atoms with Crippen molar-refractivity contribution < 1.29 is 38.7 Å². The minimum absolute atomic E-state index is 0.0405. The molecular weight excluding hydrogens is 464 g/mol. The molecule has 2 aromatic rings. The van der Waals surface area contributed by atoms with Gasteiger partial charge < -0.3 is 33.9 Å². The first-order valence-corrected chi connectivity index (χ1v) is 11.5. The predicted octanol–water partition coefficient (Wildman–Crippen LogP) is 3.15. The fraction of sp³-hybridized carbons (Fsp3) is 0.480. The van der Waals surface area contributed by atoms with Crippen LogP contribution >= 0.6 is 11.6 Å². The summed E-state index contributed by atoms with van der Waals surface area (Å²) in [6, 6.07) is 14.5. The van der Waals surface area contributed by atoms with Crippen LogP contribution < -0.4 is 4.74 Å². The zero-order valence-electron chi connectivity index (χ0n) is 19.3. The van der Waals surface area contributed by atoms with Gasteiger partial charge in [0.15, 0.2) is 5.79 Å². The Morgan fingerprint density at radius 1 is 1.18 bits per heavy atom. The third-order valence-corrected chi connectivity index (χ3v) is 6.21. The minimum Gasteiger partial charge on any atom is -0.455 e. The molecule has 0 amide bonds. The molecule has 0 aromatic heterocycles. The molecule has 34 heavy (non-hydrogen) atoms. The van der Waals surface area contributed by atoms with Crippen LogP contribution in [0.5, 0.6) is 5.75 Å². The summed E-state index contributed by atoms with van der Waals surface area (Å²) in [5.74, 6) is -1.20.